The minimum Gasteiger partial charge on any atom is -0.325 e. The monoisotopic (exact) mass is 477 g/mol. The number of nitrogens with zero attached hydrogens (tertiary/aromatic N) is 2. The lowest BCUT2D eigenvalue weighted by atomic mass is 9.97. The van der Waals surface area contributed by atoms with Crippen LogP contribution in [0.5, 0.6) is 0 Å². The predicted molar refractivity (Wildman–Crippen MR) is 132 cm³/mol. The van der Waals surface area contributed by atoms with Crippen LogP contribution in [0.1, 0.15) is 28.8 Å². The molecule has 34 heavy (non-hydrogen) atoms. The number of fused-ring (bicyclic) bond motifs is 3. The highest BCUT2D eigenvalue weighted by Crippen LogP contribution is 2.34. The number of halogens is 1. The molecule has 6 nitrogen and oxygen atoms in total. The molecule has 1 aliphatic carbocycles. The van der Waals surface area contributed by atoms with Crippen molar-refractivity contribution in [3.8, 4) is 0 Å². The van der Waals surface area contributed by atoms with Gasteiger partial charge >= 0.3 is 5.69 Å². The van der Waals surface area contributed by atoms with Crippen molar-refractivity contribution in [3.63, 3.8) is 0 Å². The van der Waals surface area contributed by atoms with Crippen molar-refractivity contribution in [3.05, 3.63) is 97.3 Å². The second kappa shape index (κ2) is 9.38. The zero-order chi connectivity index (χ0) is 23.7. The molecule has 5 rings (SSSR count). The van der Waals surface area contributed by atoms with Gasteiger partial charge in [0, 0.05) is 17.1 Å². The normalized spacial score (nSPS) is 13.1. The molecule has 2 heterocycles. The van der Waals surface area contributed by atoms with Crippen LogP contribution < -0.4 is 16.6 Å². The Morgan fingerprint density at radius 3 is 2.47 bits per heavy atom. The van der Waals surface area contributed by atoms with Gasteiger partial charge in [-0.25, -0.2) is 9.18 Å². The molecule has 0 bridgehead atoms. The van der Waals surface area contributed by atoms with Gasteiger partial charge in [0.1, 0.15) is 17.2 Å². The average molecular weight is 478 g/mol. The fourth-order valence-corrected chi connectivity index (χ4v) is 5.89. The van der Waals surface area contributed by atoms with Gasteiger partial charge in [-0.05, 0) is 67.5 Å². The summed E-state index contributed by atoms with van der Waals surface area (Å²) in [6.45, 7) is 0.0134. The third-order valence-electron chi connectivity index (χ3n) is 6.22. The maximum absolute atomic E-state index is 13.5. The number of aryl methyl sites for hydroxylation is 3. The Morgan fingerprint density at radius 1 is 0.971 bits per heavy atom. The Bertz CT molecular complexity index is 1470. The fraction of sp³-hybridized carbons (Fsp3) is 0.269. The van der Waals surface area contributed by atoms with Crippen molar-refractivity contribution < 1.29 is 9.18 Å². The van der Waals surface area contributed by atoms with E-state index in [9.17, 15) is 18.8 Å². The standard InChI is InChI=1S/C26H24FN3O3S/c27-18-10-12-19(13-11-18)28-22(31)16-30-25-23(20-8-4-5-9-21(20)34-25)24(32)29(26(30)33)15-14-17-6-2-1-3-7-17/h1-3,6-7,10-13H,4-5,8-9,14-16H2,(H,28,31). The van der Waals surface area contributed by atoms with Crippen LogP contribution in [-0.4, -0.2) is 15.0 Å². The molecule has 1 amide bonds. The molecular formula is C26H24FN3O3S. The van der Waals surface area contributed by atoms with Crippen LogP contribution in [0.25, 0.3) is 10.2 Å². The number of hydrogen-bond acceptors (Lipinski definition) is 4. The van der Waals surface area contributed by atoms with Crippen LogP contribution >= 0.6 is 11.3 Å². The summed E-state index contributed by atoms with van der Waals surface area (Å²) in [5.41, 5.74) is 1.74. The first-order valence-corrected chi connectivity index (χ1v) is 12.2. The fourth-order valence-electron chi connectivity index (χ4n) is 4.52. The molecule has 8 heteroatoms. The Hall–Kier alpha value is -3.52. The van der Waals surface area contributed by atoms with E-state index < -0.39 is 17.4 Å². The third-order valence-corrected chi connectivity index (χ3v) is 7.53. The van der Waals surface area contributed by atoms with E-state index in [1.54, 1.807) is 0 Å². The Balaban J connectivity index is 1.55. The van der Waals surface area contributed by atoms with Crippen molar-refractivity contribution >= 4 is 33.1 Å². The molecule has 0 unspecified atom stereocenters. The number of benzene rings is 2. The molecular weight excluding hydrogens is 453 g/mol. The molecule has 0 radical (unpaired) electrons. The number of nitrogens with one attached hydrogen (secondary N) is 1. The van der Waals surface area contributed by atoms with Gasteiger partial charge in [0.15, 0.2) is 0 Å². The van der Waals surface area contributed by atoms with Gasteiger partial charge in [-0.15, -0.1) is 11.3 Å². The van der Waals surface area contributed by atoms with Gasteiger partial charge in [-0.3, -0.25) is 18.7 Å². The highest BCUT2D eigenvalue weighted by atomic mass is 32.1. The van der Waals surface area contributed by atoms with E-state index in [0.717, 1.165) is 41.7 Å². The van der Waals surface area contributed by atoms with Crippen molar-refractivity contribution in [1.82, 2.24) is 9.13 Å². The second-order valence-corrected chi connectivity index (χ2v) is 9.59. The van der Waals surface area contributed by atoms with Crippen LogP contribution in [0.15, 0.2) is 64.2 Å². The number of carbonyl (C=O) groups excluding carboxylic acids is 1. The van der Waals surface area contributed by atoms with Crippen LogP contribution in [0.2, 0.25) is 0 Å². The zero-order valence-corrected chi connectivity index (χ0v) is 19.4. The van der Waals surface area contributed by atoms with E-state index in [-0.39, 0.29) is 18.6 Å². The largest absolute Gasteiger partial charge is 0.332 e. The SMILES string of the molecule is O=C(Cn1c(=O)n(CCc2ccccc2)c(=O)c2c3c(sc21)CCCC3)Nc1ccc(F)cc1. The van der Waals surface area contributed by atoms with Gasteiger partial charge in [0.05, 0.1) is 5.39 Å². The smallest absolute Gasteiger partial charge is 0.325 e. The van der Waals surface area contributed by atoms with Gasteiger partial charge in [-0.1, -0.05) is 30.3 Å². The van der Waals surface area contributed by atoms with E-state index in [1.165, 1.54) is 44.7 Å². The van der Waals surface area contributed by atoms with Crippen LogP contribution in [0.3, 0.4) is 0 Å². The van der Waals surface area contributed by atoms with E-state index >= 15 is 0 Å². The van der Waals surface area contributed by atoms with Gasteiger partial charge < -0.3 is 5.32 Å². The number of carbonyl (C=O) groups is 1. The summed E-state index contributed by atoms with van der Waals surface area (Å²) in [6, 6.07) is 15.2. The van der Waals surface area contributed by atoms with Gasteiger partial charge in [0.2, 0.25) is 5.91 Å². The van der Waals surface area contributed by atoms with Crippen molar-refractivity contribution in [2.24, 2.45) is 0 Å². The van der Waals surface area contributed by atoms with Crippen molar-refractivity contribution in [1.29, 1.82) is 0 Å². The lowest BCUT2D eigenvalue weighted by molar-refractivity contribution is -0.116. The number of thiophene rings is 1. The number of hydrogen-bond donors (Lipinski definition) is 1. The van der Waals surface area contributed by atoms with Crippen LogP contribution in [-0.2, 0) is 37.1 Å². The third kappa shape index (κ3) is 4.33. The molecule has 1 aliphatic rings. The first-order valence-electron chi connectivity index (χ1n) is 11.4. The minimum absolute atomic E-state index is 0.224. The van der Waals surface area contributed by atoms with E-state index in [2.05, 4.69) is 5.32 Å². The van der Waals surface area contributed by atoms with Crippen LogP contribution in [0.4, 0.5) is 10.1 Å². The maximum atomic E-state index is 13.5. The summed E-state index contributed by atoms with van der Waals surface area (Å²) < 4.78 is 15.9. The average Bonchev–Trinajstić information content (AvgIpc) is 3.23. The minimum atomic E-state index is -0.485. The van der Waals surface area contributed by atoms with Crippen molar-refractivity contribution in [2.45, 2.75) is 45.2 Å². The summed E-state index contributed by atoms with van der Waals surface area (Å²) >= 11 is 1.45. The van der Waals surface area contributed by atoms with Crippen molar-refractivity contribution in [2.75, 3.05) is 5.32 Å². The first-order chi connectivity index (χ1) is 16.5. The summed E-state index contributed by atoms with van der Waals surface area (Å²) in [7, 11) is 0. The molecule has 1 N–H and O–H groups in total. The molecule has 2 aromatic carbocycles. The maximum Gasteiger partial charge on any atom is 0.332 e. The predicted octanol–water partition coefficient (Wildman–Crippen LogP) is 4.12. The van der Waals surface area contributed by atoms with E-state index in [4.69, 9.17) is 0 Å². The lowest BCUT2D eigenvalue weighted by Crippen LogP contribution is -2.42. The van der Waals surface area contributed by atoms with Gasteiger partial charge in [0.25, 0.3) is 5.56 Å². The van der Waals surface area contributed by atoms with E-state index in [1.807, 2.05) is 30.3 Å². The molecule has 4 aromatic rings. The Kier molecular flexibility index (Phi) is 6.15. The summed E-state index contributed by atoms with van der Waals surface area (Å²) in [4.78, 5) is 41.5. The Morgan fingerprint density at radius 2 is 1.71 bits per heavy atom. The summed E-state index contributed by atoms with van der Waals surface area (Å²) in [5, 5.41) is 3.29. The molecule has 0 aliphatic heterocycles. The molecule has 0 fully saturated rings. The molecule has 0 saturated carbocycles. The van der Waals surface area contributed by atoms with Gasteiger partial charge in [-0.2, -0.15) is 0 Å². The van der Waals surface area contributed by atoms with E-state index in [0.29, 0.717) is 22.3 Å². The van der Waals surface area contributed by atoms with Crippen LogP contribution in [0, 0.1) is 5.82 Å². The lowest BCUT2D eigenvalue weighted by Gasteiger charge is -2.13. The summed E-state index contributed by atoms with van der Waals surface area (Å²) in [6.07, 6.45) is 4.29. The zero-order valence-electron chi connectivity index (χ0n) is 18.6. The quantitative estimate of drug-likeness (QED) is 0.454. The molecule has 2 aromatic heterocycles. The highest BCUT2D eigenvalue weighted by molar-refractivity contribution is 7.18. The molecule has 0 atom stereocenters. The Labute approximate surface area is 199 Å². The number of amides is 1. The highest BCUT2D eigenvalue weighted by Gasteiger charge is 2.24. The second-order valence-electron chi connectivity index (χ2n) is 8.51. The number of rotatable bonds is 6. The topological polar surface area (TPSA) is 73.1 Å². The number of aromatic nitrogens is 2. The number of anilines is 1. The molecule has 0 spiro atoms. The summed E-state index contributed by atoms with van der Waals surface area (Å²) in [5.74, 6) is -0.805. The molecule has 0 saturated heterocycles. The molecule has 174 valence electrons. The first kappa shape index (κ1) is 22.3.